The van der Waals surface area contributed by atoms with Crippen molar-refractivity contribution in [2.24, 2.45) is 0 Å². The fourth-order valence-corrected chi connectivity index (χ4v) is 2.30. The van der Waals surface area contributed by atoms with Crippen LogP contribution in [0.5, 0.6) is 5.75 Å². The molecule has 2 rings (SSSR count). The minimum atomic E-state index is -0.939. The molecule has 0 aromatic heterocycles. The van der Waals surface area contributed by atoms with Crippen molar-refractivity contribution in [3.05, 3.63) is 65.5 Å². The molecule has 0 saturated heterocycles. The van der Waals surface area contributed by atoms with Crippen molar-refractivity contribution in [1.29, 1.82) is 0 Å². The Morgan fingerprint density at radius 1 is 1.14 bits per heavy atom. The quantitative estimate of drug-likeness (QED) is 0.876. The van der Waals surface area contributed by atoms with Gasteiger partial charge in [0.05, 0.1) is 12.0 Å². The van der Waals surface area contributed by atoms with Crippen LogP contribution >= 0.6 is 0 Å². The number of para-hydroxylation sites is 1. The summed E-state index contributed by atoms with van der Waals surface area (Å²) in [4.78, 5) is 11.6. The zero-order valence-electron chi connectivity index (χ0n) is 12.6. The zero-order valence-corrected chi connectivity index (χ0v) is 12.6. The maximum Gasteiger partial charge on any atom is 0.311 e. The van der Waals surface area contributed by atoms with Crippen LogP contribution in [0.4, 0.5) is 4.39 Å². The molecule has 0 aliphatic rings. The van der Waals surface area contributed by atoms with Gasteiger partial charge in [0.15, 0.2) is 0 Å². The van der Waals surface area contributed by atoms with E-state index in [9.17, 15) is 14.3 Å². The van der Waals surface area contributed by atoms with E-state index in [2.05, 4.69) is 0 Å². The van der Waals surface area contributed by atoms with E-state index in [1.54, 1.807) is 0 Å². The standard InChI is InChI=1S/C18H19FO3/c1-12(2)22-17-6-4-3-5-14(17)11-16(18(20)21)13-7-9-15(19)10-8-13/h3-10,12,16H,11H2,1-2H3,(H,20,21). The van der Waals surface area contributed by atoms with Crippen molar-refractivity contribution in [2.75, 3.05) is 0 Å². The molecule has 1 N–H and O–H groups in total. The van der Waals surface area contributed by atoms with Crippen molar-refractivity contribution in [1.82, 2.24) is 0 Å². The van der Waals surface area contributed by atoms with E-state index < -0.39 is 11.9 Å². The molecule has 0 bridgehead atoms. The molecular weight excluding hydrogens is 283 g/mol. The lowest BCUT2D eigenvalue weighted by Crippen LogP contribution is -2.16. The molecule has 22 heavy (non-hydrogen) atoms. The van der Waals surface area contributed by atoms with Crippen LogP contribution in [-0.2, 0) is 11.2 Å². The fraction of sp³-hybridized carbons (Fsp3) is 0.278. The van der Waals surface area contributed by atoms with Crippen LogP contribution in [0.15, 0.2) is 48.5 Å². The van der Waals surface area contributed by atoms with Crippen LogP contribution in [-0.4, -0.2) is 17.2 Å². The summed E-state index contributed by atoms with van der Waals surface area (Å²) >= 11 is 0. The molecule has 0 amide bonds. The first kappa shape index (κ1) is 16.0. The monoisotopic (exact) mass is 302 g/mol. The predicted octanol–water partition coefficient (Wildman–Crippen LogP) is 4.02. The van der Waals surface area contributed by atoms with E-state index in [1.807, 2.05) is 38.1 Å². The third-order valence-corrected chi connectivity index (χ3v) is 3.33. The van der Waals surface area contributed by atoms with Gasteiger partial charge >= 0.3 is 5.97 Å². The number of carboxylic acid groups (broad SMARTS) is 1. The number of aliphatic carboxylic acids is 1. The second-order valence-corrected chi connectivity index (χ2v) is 5.42. The summed E-state index contributed by atoms with van der Waals surface area (Å²) in [6.45, 7) is 3.84. The Kier molecular flexibility index (Phi) is 5.15. The number of hydrogen-bond donors (Lipinski definition) is 1. The van der Waals surface area contributed by atoms with Crippen molar-refractivity contribution >= 4 is 5.97 Å². The molecule has 0 spiro atoms. The van der Waals surface area contributed by atoms with Crippen LogP contribution in [0.1, 0.15) is 30.9 Å². The molecule has 3 nitrogen and oxygen atoms in total. The minimum Gasteiger partial charge on any atom is -0.491 e. The van der Waals surface area contributed by atoms with Crippen LogP contribution in [0.3, 0.4) is 0 Å². The molecule has 2 aromatic rings. The van der Waals surface area contributed by atoms with Gasteiger partial charge in [0, 0.05) is 0 Å². The molecule has 0 aliphatic heterocycles. The Labute approximate surface area is 129 Å². The molecule has 0 aliphatic carbocycles. The normalized spacial score (nSPS) is 12.2. The third-order valence-electron chi connectivity index (χ3n) is 3.33. The van der Waals surface area contributed by atoms with Gasteiger partial charge in [-0.1, -0.05) is 30.3 Å². The Morgan fingerprint density at radius 2 is 1.77 bits per heavy atom. The van der Waals surface area contributed by atoms with Crippen LogP contribution in [0.2, 0.25) is 0 Å². The van der Waals surface area contributed by atoms with Crippen molar-refractivity contribution in [3.8, 4) is 5.75 Å². The Bertz CT molecular complexity index is 635. The topological polar surface area (TPSA) is 46.5 Å². The summed E-state index contributed by atoms with van der Waals surface area (Å²) < 4.78 is 18.7. The maximum absolute atomic E-state index is 13.0. The van der Waals surface area contributed by atoms with Crippen molar-refractivity contribution in [2.45, 2.75) is 32.3 Å². The summed E-state index contributed by atoms with van der Waals surface area (Å²) in [6, 6.07) is 13.0. The van der Waals surface area contributed by atoms with Gasteiger partial charge in [-0.05, 0) is 49.6 Å². The van der Waals surface area contributed by atoms with E-state index in [1.165, 1.54) is 24.3 Å². The van der Waals surface area contributed by atoms with Gasteiger partial charge in [-0.3, -0.25) is 4.79 Å². The van der Waals surface area contributed by atoms with E-state index in [0.29, 0.717) is 17.7 Å². The number of hydrogen-bond acceptors (Lipinski definition) is 2. The molecular formula is C18H19FO3. The average molecular weight is 302 g/mol. The number of rotatable bonds is 6. The van der Waals surface area contributed by atoms with E-state index in [-0.39, 0.29) is 11.9 Å². The highest BCUT2D eigenvalue weighted by Gasteiger charge is 2.22. The molecule has 0 saturated carbocycles. The predicted molar refractivity (Wildman–Crippen MR) is 82.7 cm³/mol. The van der Waals surface area contributed by atoms with Gasteiger partial charge in [0.2, 0.25) is 0 Å². The van der Waals surface area contributed by atoms with Crippen LogP contribution < -0.4 is 4.74 Å². The third kappa shape index (κ3) is 4.07. The smallest absolute Gasteiger partial charge is 0.311 e. The zero-order chi connectivity index (χ0) is 16.1. The lowest BCUT2D eigenvalue weighted by atomic mass is 9.91. The van der Waals surface area contributed by atoms with Gasteiger partial charge in [-0.2, -0.15) is 0 Å². The Balaban J connectivity index is 2.29. The fourth-order valence-electron chi connectivity index (χ4n) is 2.30. The maximum atomic E-state index is 13.0. The Morgan fingerprint density at radius 3 is 2.36 bits per heavy atom. The van der Waals surface area contributed by atoms with Gasteiger partial charge in [-0.25, -0.2) is 4.39 Å². The van der Waals surface area contributed by atoms with Crippen molar-refractivity contribution in [3.63, 3.8) is 0 Å². The molecule has 0 fully saturated rings. The lowest BCUT2D eigenvalue weighted by molar-refractivity contribution is -0.138. The first-order valence-electron chi connectivity index (χ1n) is 7.20. The minimum absolute atomic E-state index is 0.00949. The Hall–Kier alpha value is -2.36. The van der Waals surface area contributed by atoms with Gasteiger partial charge in [-0.15, -0.1) is 0 Å². The second-order valence-electron chi connectivity index (χ2n) is 5.42. The van der Waals surface area contributed by atoms with Gasteiger partial charge in [0.25, 0.3) is 0 Å². The SMILES string of the molecule is CC(C)Oc1ccccc1CC(C(=O)O)c1ccc(F)cc1. The van der Waals surface area contributed by atoms with Crippen LogP contribution in [0.25, 0.3) is 0 Å². The molecule has 1 atom stereocenters. The van der Waals surface area contributed by atoms with E-state index in [0.717, 1.165) is 5.56 Å². The molecule has 4 heteroatoms. The van der Waals surface area contributed by atoms with E-state index >= 15 is 0 Å². The molecule has 116 valence electrons. The van der Waals surface area contributed by atoms with Gasteiger partial charge < -0.3 is 9.84 Å². The number of carboxylic acids is 1. The first-order valence-corrected chi connectivity index (χ1v) is 7.20. The highest BCUT2D eigenvalue weighted by atomic mass is 19.1. The molecule has 0 radical (unpaired) electrons. The van der Waals surface area contributed by atoms with Crippen LogP contribution in [0, 0.1) is 5.82 Å². The number of ether oxygens (including phenoxy) is 1. The molecule has 0 heterocycles. The largest absolute Gasteiger partial charge is 0.491 e. The average Bonchev–Trinajstić information content (AvgIpc) is 2.46. The highest BCUT2D eigenvalue weighted by molar-refractivity contribution is 5.76. The lowest BCUT2D eigenvalue weighted by Gasteiger charge is -2.17. The summed E-state index contributed by atoms with van der Waals surface area (Å²) in [6.07, 6.45) is 0.305. The summed E-state index contributed by atoms with van der Waals surface area (Å²) in [5.41, 5.74) is 1.40. The van der Waals surface area contributed by atoms with E-state index in [4.69, 9.17) is 4.74 Å². The molecule has 2 aromatic carbocycles. The number of halogens is 1. The van der Waals surface area contributed by atoms with Crippen molar-refractivity contribution < 1.29 is 19.0 Å². The summed E-state index contributed by atoms with van der Waals surface area (Å²) in [5, 5.41) is 9.50. The van der Waals surface area contributed by atoms with Gasteiger partial charge in [0.1, 0.15) is 11.6 Å². The summed E-state index contributed by atoms with van der Waals surface area (Å²) in [5.74, 6) is -1.37. The highest BCUT2D eigenvalue weighted by Crippen LogP contribution is 2.27. The first-order chi connectivity index (χ1) is 10.5. The molecule has 1 unspecified atom stereocenters. The number of carbonyl (C=O) groups is 1. The number of benzene rings is 2. The summed E-state index contributed by atoms with van der Waals surface area (Å²) in [7, 11) is 0. The second kappa shape index (κ2) is 7.07.